The molecule has 1 atom stereocenters. The summed E-state index contributed by atoms with van der Waals surface area (Å²) in [6.07, 6.45) is -0.499. The zero-order valence-corrected chi connectivity index (χ0v) is 11.6. The summed E-state index contributed by atoms with van der Waals surface area (Å²) in [5.41, 5.74) is -0.571. The largest absolute Gasteiger partial charge is 0.464 e. The molecule has 0 aliphatic heterocycles. The number of rotatable bonds is 4. The van der Waals surface area contributed by atoms with Crippen LogP contribution < -0.4 is 0 Å². The Morgan fingerprint density at radius 1 is 1.24 bits per heavy atom. The summed E-state index contributed by atoms with van der Waals surface area (Å²) in [4.78, 5) is 24.7. The van der Waals surface area contributed by atoms with Crippen molar-refractivity contribution in [3.05, 3.63) is 0 Å². The molecule has 1 amide bonds. The van der Waals surface area contributed by atoms with Gasteiger partial charge in [0.15, 0.2) is 0 Å². The number of carbonyl (C=O) groups is 2. The van der Waals surface area contributed by atoms with E-state index in [1.807, 2.05) is 0 Å². The second-order valence-electron chi connectivity index (χ2n) is 4.69. The third-order valence-electron chi connectivity index (χ3n) is 2.06. The minimum atomic E-state index is -0.630. The molecule has 5 nitrogen and oxygen atoms in total. The van der Waals surface area contributed by atoms with Crippen molar-refractivity contribution in [3.8, 4) is 0 Å². The number of carbonyl (C=O) groups excluding carboxylic acids is 2. The Kier molecular flexibility index (Phi) is 5.99. The lowest BCUT2D eigenvalue weighted by Crippen LogP contribution is -2.46. The van der Waals surface area contributed by atoms with Crippen LogP contribution in [0.25, 0.3) is 0 Å². The molecule has 0 aliphatic carbocycles. The van der Waals surface area contributed by atoms with Gasteiger partial charge in [-0.1, -0.05) is 0 Å². The van der Waals surface area contributed by atoms with Crippen molar-refractivity contribution in [2.75, 3.05) is 13.2 Å². The first kappa shape index (κ1) is 15.7. The van der Waals surface area contributed by atoms with E-state index in [4.69, 9.17) is 9.47 Å². The Hall–Kier alpha value is -1.26. The predicted octanol–water partition coefficient (Wildman–Crippen LogP) is 2.20. The Labute approximate surface area is 103 Å². The van der Waals surface area contributed by atoms with Crippen molar-refractivity contribution in [2.45, 2.75) is 53.2 Å². The first-order valence-electron chi connectivity index (χ1n) is 5.89. The standard InChI is InChI=1S/C12H23NO4/c1-7-13(9(3)10(14)16-8-2)11(15)17-12(4,5)6/h9H,7-8H2,1-6H3/t9-/m0/s1. The molecule has 0 bridgehead atoms. The summed E-state index contributed by atoms with van der Waals surface area (Å²) >= 11 is 0. The number of amides is 1. The lowest BCUT2D eigenvalue weighted by Gasteiger charge is -2.29. The molecule has 0 rings (SSSR count). The van der Waals surface area contributed by atoms with Crippen LogP contribution in [-0.4, -0.2) is 41.8 Å². The van der Waals surface area contributed by atoms with Crippen LogP contribution in [0.15, 0.2) is 0 Å². The van der Waals surface area contributed by atoms with Crippen molar-refractivity contribution in [2.24, 2.45) is 0 Å². The van der Waals surface area contributed by atoms with Gasteiger partial charge >= 0.3 is 12.1 Å². The average molecular weight is 245 g/mol. The van der Waals surface area contributed by atoms with Crippen LogP contribution in [0, 0.1) is 0 Å². The Bertz CT molecular complexity index is 270. The monoisotopic (exact) mass is 245 g/mol. The van der Waals surface area contributed by atoms with Gasteiger partial charge in [-0.05, 0) is 41.5 Å². The van der Waals surface area contributed by atoms with Gasteiger partial charge in [-0.25, -0.2) is 9.59 Å². The van der Waals surface area contributed by atoms with Gasteiger partial charge in [-0.15, -0.1) is 0 Å². The summed E-state index contributed by atoms with van der Waals surface area (Å²) in [5, 5.41) is 0. The fraction of sp³-hybridized carbons (Fsp3) is 0.833. The van der Waals surface area contributed by atoms with E-state index in [0.717, 1.165) is 0 Å². The normalized spacial score (nSPS) is 12.8. The van der Waals surface area contributed by atoms with E-state index in [2.05, 4.69) is 0 Å². The molecular formula is C12H23NO4. The van der Waals surface area contributed by atoms with Crippen LogP contribution in [0.5, 0.6) is 0 Å². The highest BCUT2D eigenvalue weighted by atomic mass is 16.6. The molecule has 0 saturated heterocycles. The van der Waals surface area contributed by atoms with Crippen molar-refractivity contribution < 1.29 is 19.1 Å². The fourth-order valence-corrected chi connectivity index (χ4v) is 1.27. The van der Waals surface area contributed by atoms with Crippen molar-refractivity contribution in [1.82, 2.24) is 4.90 Å². The van der Waals surface area contributed by atoms with E-state index in [1.165, 1.54) is 4.90 Å². The number of esters is 1. The molecule has 0 N–H and O–H groups in total. The molecule has 0 spiro atoms. The molecule has 0 aromatic rings. The summed E-state index contributed by atoms with van der Waals surface area (Å²) in [6, 6.07) is -0.630. The fourth-order valence-electron chi connectivity index (χ4n) is 1.27. The van der Waals surface area contributed by atoms with Crippen molar-refractivity contribution in [3.63, 3.8) is 0 Å². The van der Waals surface area contributed by atoms with Gasteiger partial charge in [0.25, 0.3) is 0 Å². The molecule has 17 heavy (non-hydrogen) atoms. The summed E-state index contributed by atoms with van der Waals surface area (Å²) in [5.74, 6) is -0.416. The Balaban J connectivity index is 4.61. The third-order valence-corrected chi connectivity index (χ3v) is 2.06. The van der Waals surface area contributed by atoms with E-state index in [1.54, 1.807) is 41.5 Å². The maximum atomic E-state index is 11.8. The number of nitrogens with zero attached hydrogens (tertiary/aromatic N) is 1. The number of hydrogen-bond donors (Lipinski definition) is 0. The van der Waals surface area contributed by atoms with Crippen molar-refractivity contribution in [1.29, 1.82) is 0 Å². The second kappa shape index (κ2) is 6.47. The molecule has 0 unspecified atom stereocenters. The molecule has 0 aliphatic rings. The topological polar surface area (TPSA) is 55.8 Å². The predicted molar refractivity (Wildman–Crippen MR) is 64.7 cm³/mol. The molecule has 0 aromatic heterocycles. The smallest absolute Gasteiger partial charge is 0.411 e. The average Bonchev–Trinajstić information content (AvgIpc) is 2.16. The summed E-state index contributed by atoms with van der Waals surface area (Å²) in [7, 11) is 0. The maximum absolute atomic E-state index is 11.8. The number of likely N-dealkylation sites (N-methyl/N-ethyl adjacent to an activating group) is 1. The first-order valence-corrected chi connectivity index (χ1v) is 5.89. The summed E-state index contributed by atoms with van der Waals surface area (Å²) < 4.78 is 10.1. The highest BCUT2D eigenvalue weighted by Crippen LogP contribution is 2.12. The number of ether oxygens (including phenoxy) is 2. The molecule has 0 fully saturated rings. The number of hydrogen-bond acceptors (Lipinski definition) is 4. The van der Waals surface area contributed by atoms with Crippen LogP contribution in [0.2, 0.25) is 0 Å². The van der Waals surface area contributed by atoms with Crippen LogP contribution in [0.1, 0.15) is 41.5 Å². The molecule has 0 saturated carbocycles. The molecule has 0 aromatic carbocycles. The van der Waals surface area contributed by atoms with Crippen molar-refractivity contribution >= 4 is 12.1 Å². The van der Waals surface area contributed by atoms with E-state index in [9.17, 15) is 9.59 Å². The molecular weight excluding hydrogens is 222 g/mol. The SMILES string of the molecule is CCOC(=O)[C@H](C)N(CC)C(=O)OC(C)(C)C. The zero-order valence-electron chi connectivity index (χ0n) is 11.6. The van der Waals surface area contributed by atoms with Crippen LogP contribution in [-0.2, 0) is 14.3 Å². The minimum Gasteiger partial charge on any atom is -0.464 e. The van der Waals surface area contributed by atoms with E-state index in [-0.39, 0.29) is 0 Å². The Morgan fingerprint density at radius 3 is 2.12 bits per heavy atom. The quantitative estimate of drug-likeness (QED) is 0.712. The van der Waals surface area contributed by atoms with Gasteiger partial charge in [0.1, 0.15) is 11.6 Å². The lowest BCUT2D eigenvalue weighted by atomic mass is 10.2. The first-order chi connectivity index (χ1) is 7.72. The third kappa shape index (κ3) is 5.56. The minimum absolute atomic E-state index is 0.301. The lowest BCUT2D eigenvalue weighted by molar-refractivity contribution is -0.148. The highest BCUT2D eigenvalue weighted by Gasteiger charge is 2.29. The summed E-state index contributed by atoms with van der Waals surface area (Å²) in [6.45, 7) is 11.2. The van der Waals surface area contributed by atoms with Crippen LogP contribution in [0.3, 0.4) is 0 Å². The van der Waals surface area contributed by atoms with E-state index in [0.29, 0.717) is 13.2 Å². The van der Waals surface area contributed by atoms with E-state index >= 15 is 0 Å². The second-order valence-corrected chi connectivity index (χ2v) is 4.69. The van der Waals surface area contributed by atoms with Gasteiger partial charge in [0.2, 0.25) is 0 Å². The molecule has 0 heterocycles. The molecule has 0 radical (unpaired) electrons. The van der Waals surface area contributed by atoms with Gasteiger partial charge in [0.05, 0.1) is 6.61 Å². The van der Waals surface area contributed by atoms with Gasteiger partial charge in [-0.2, -0.15) is 0 Å². The zero-order chi connectivity index (χ0) is 13.6. The van der Waals surface area contributed by atoms with Crippen LogP contribution >= 0.6 is 0 Å². The van der Waals surface area contributed by atoms with Gasteiger partial charge in [-0.3, -0.25) is 4.90 Å². The van der Waals surface area contributed by atoms with Gasteiger partial charge < -0.3 is 9.47 Å². The molecule has 100 valence electrons. The highest BCUT2D eigenvalue weighted by molar-refractivity contribution is 5.81. The van der Waals surface area contributed by atoms with E-state index < -0.39 is 23.7 Å². The van der Waals surface area contributed by atoms with Gasteiger partial charge in [0, 0.05) is 6.54 Å². The Morgan fingerprint density at radius 2 is 1.76 bits per heavy atom. The molecule has 5 heteroatoms. The van der Waals surface area contributed by atoms with Crippen LogP contribution in [0.4, 0.5) is 4.79 Å². The maximum Gasteiger partial charge on any atom is 0.411 e.